The van der Waals surface area contributed by atoms with Gasteiger partial charge in [-0.05, 0) is 50.3 Å². The highest BCUT2D eigenvalue weighted by atomic mass is 35.5. The van der Waals surface area contributed by atoms with Crippen molar-refractivity contribution in [2.75, 3.05) is 0 Å². The van der Waals surface area contributed by atoms with Gasteiger partial charge in [0, 0.05) is 15.6 Å². The Kier molecular flexibility index (Phi) is 5.95. The third-order valence-electron chi connectivity index (χ3n) is 5.32. The van der Waals surface area contributed by atoms with Crippen molar-refractivity contribution in [2.24, 2.45) is 0 Å². The molecule has 0 unspecified atom stereocenters. The van der Waals surface area contributed by atoms with Crippen LogP contribution < -0.4 is 5.56 Å². The largest absolute Gasteiger partial charge is 0.458 e. The zero-order valence-electron chi connectivity index (χ0n) is 15.9. The molecule has 0 spiro atoms. The Morgan fingerprint density at radius 3 is 2.62 bits per heavy atom. The number of hydrogen-bond donors (Lipinski definition) is 0. The standard InChI is InChI=1S/C21H20Cl2N2O3S/c1-12-17-19(29-18(12)21(27)28-13-6-3-2-4-7-13)24-11-25(20(17)26)10-14-15(22)8-5-9-16(14)23/h5,8-9,11,13H,2-4,6-7,10H2,1H3. The lowest BCUT2D eigenvalue weighted by Gasteiger charge is -2.21. The predicted octanol–water partition coefficient (Wildman–Crippen LogP) is 5.61. The lowest BCUT2D eigenvalue weighted by atomic mass is 9.98. The van der Waals surface area contributed by atoms with Gasteiger partial charge in [0.2, 0.25) is 0 Å². The zero-order valence-corrected chi connectivity index (χ0v) is 18.2. The molecule has 8 heteroatoms. The van der Waals surface area contributed by atoms with Gasteiger partial charge in [-0.25, -0.2) is 9.78 Å². The molecule has 29 heavy (non-hydrogen) atoms. The monoisotopic (exact) mass is 450 g/mol. The van der Waals surface area contributed by atoms with E-state index in [1.54, 1.807) is 25.1 Å². The van der Waals surface area contributed by atoms with Gasteiger partial charge >= 0.3 is 5.97 Å². The quantitative estimate of drug-likeness (QED) is 0.484. The van der Waals surface area contributed by atoms with E-state index in [0.29, 0.717) is 36.3 Å². The summed E-state index contributed by atoms with van der Waals surface area (Å²) in [5.41, 5.74) is 1.04. The number of benzene rings is 1. The highest BCUT2D eigenvalue weighted by Gasteiger charge is 2.24. The fourth-order valence-electron chi connectivity index (χ4n) is 3.71. The van der Waals surface area contributed by atoms with Crippen LogP contribution in [0.5, 0.6) is 0 Å². The van der Waals surface area contributed by atoms with Crippen molar-refractivity contribution in [3.05, 3.63) is 60.9 Å². The fourth-order valence-corrected chi connectivity index (χ4v) is 5.25. The molecule has 4 rings (SSSR count). The van der Waals surface area contributed by atoms with Crippen LogP contribution in [-0.2, 0) is 11.3 Å². The fraction of sp³-hybridized carbons (Fsp3) is 0.381. The molecule has 0 radical (unpaired) electrons. The van der Waals surface area contributed by atoms with E-state index in [1.807, 2.05) is 0 Å². The molecule has 1 aliphatic carbocycles. The molecule has 0 aliphatic heterocycles. The number of ether oxygens (including phenoxy) is 1. The molecule has 0 amide bonds. The summed E-state index contributed by atoms with van der Waals surface area (Å²) < 4.78 is 7.15. The van der Waals surface area contributed by atoms with E-state index in [9.17, 15) is 9.59 Å². The summed E-state index contributed by atoms with van der Waals surface area (Å²) in [6, 6.07) is 5.22. The van der Waals surface area contributed by atoms with Crippen molar-refractivity contribution < 1.29 is 9.53 Å². The van der Waals surface area contributed by atoms with Crippen molar-refractivity contribution in [3.63, 3.8) is 0 Å². The third-order valence-corrected chi connectivity index (χ3v) is 7.21. The smallest absolute Gasteiger partial charge is 0.348 e. The summed E-state index contributed by atoms with van der Waals surface area (Å²) in [5.74, 6) is -0.363. The van der Waals surface area contributed by atoms with Gasteiger partial charge in [0.1, 0.15) is 15.8 Å². The highest BCUT2D eigenvalue weighted by molar-refractivity contribution is 7.20. The second-order valence-electron chi connectivity index (χ2n) is 7.28. The Labute approximate surface area is 182 Å². The van der Waals surface area contributed by atoms with Crippen LogP contribution in [0.25, 0.3) is 10.2 Å². The first-order valence-electron chi connectivity index (χ1n) is 9.58. The molecule has 0 atom stereocenters. The van der Waals surface area contributed by atoms with Crippen LogP contribution in [0.1, 0.15) is 52.9 Å². The molecule has 1 fully saturated rings. The Bertz CT molecular complexity index is 1110. The summed E-state index contributed by atoms with van der Waals surface area (Å²) in [4.78, 5) is 31.2. The molecule has 2 aromatic heterocycles. The lowest BCUT2D eigenvalue weighted by molar-refractivity contribution is 0.0216. The number of thiophene rings is 1. The molecule has 1 aliphatic rings. The molecule has 0 bridgehead atoms. The van der Waals surface area contributed by atoms with Crippen LogP contribution in [0, 0.1) is 6.92 Å². The van der Waals surface area contributed by atoms with Crippen molar-refractivity contribution in [1.82, 2.24) is 9.55 Å². The molecule has 1 saturated carbocycles. The summed E-state index contributed by atoms with van der Waals surface area (Å²) in [7, 11) is 0. The summed E-state index contributed by atoms with van der Waals surface area (Å²) in [5, 5.41) is 1.42. The number of carbonyl (C=O) groups excluding carboxylic acids is 1. The van der Waals surface area contributed by atoms with E-state index in [0.717, 1.165) is 25.7 Å². The average Bonchev–Trinajstić information content (AvgIpc) is 3.04. The van der Waals surface area contributed by atoms with Gasteiger partial charge < -0.3 is 4.74 Å². The number of aryl methyl sites for hydroxylation is 1. The normalized spacial score (nSPS) is 15.0. The molecule has 0 N–H and O–H groups in total. The van der Waals surface area contributed by atoms with Crippen LogP contribution in [-0.4, -0.2) is 21.6 Å². The SMILES string of the molecule is Cc1c(C(=O)OC2CCCCC2)sc2ncn(Cc3c(Cl)cccc3Cl)c(=O)c12. The van der Waals surface area contributed by atoms with E-state index in [2.05, 4.69) is 4.98 Å². The van der Waals surface area contributed by atoms with Gasteiger partial charge in [-0.2, -0.15) is 0 Å². The molecule has 152 valence electrons. The first kappa shape index (κ1) is 20.4. The first-order chi connectivity index (χ1) is 14.0. The second-order valence-corrected chi connectivity index (χ2v) is 9.09. The zero-order chi connectivity index (χ0) is 20.5. The molecule has 5 nitrogen and oxygen atoms in total. The van der Waals surface area contributed by atoms with Crippen LogP contribution >= 0.6 is 34.5 Å². The van der Waals surface area contributed by atoms with Gasteiger partial charge in [-0.1, -0.05) is 35.7 Å². The Hall–Kier alpha value is -1.89. The summed E-state index contributed by atoms with van der Waals surface area (Å²) >= 11 is 13.7. The van der Waals surface area contributed by atoms with E-state index in [-0.39, 0.29) is 24.2 Å². The third kappa shape index (κ3) is 4.06. The van der Waals surface area contributed by atoms with Crippen molar-refractivity contribution >= 4 is 50.7 Å². The van der Waals surface area contributed by atoms with E-state index >= 15 is 0 Å². The molecule has 3 aromatic rings. The lowest BCUT2D eigenvalue weighted by Crippen LogP contribution is -2.22. The molecule has 0 saturated heterocycles. The van der Waals surface area contributed by atoms with Crippen LogP contribution in [0.2, 0.25) is 10.0 Å². The van der Waals surface area contributed by atoms with E-state index in [4.69, 9.17) is 27.9 Å². The Morgan fingerprint density at radius 1 is 1.24 bits per heavy atom. The van der Waals surface area contributed by atoms with Gasteiger partial charge in [-0.15, -0.1) is 11.3 Å². The Morgan fingerprint density at radius 2 is 1.93 bits per heavy atom. The number of esters is 1. The van der Waals surface area contributed by atoms with Crippen LogP contribution in [0.15, 0.2) is 29.3 Å². The minimum atomic E-state index is -0.363. The van der Waals surface area contributed by atoms with E-state index < -0.39 is 0 Å². The summed E-state index contributed by atoms with van der Waals surface area (Å²) in [6.45, 7) is 1.98. The van der Waals surface area contributed by atoms with Gasteiger partial charge in [0.15, 0.2) is 0 Å². The second kappa shape index (κ2) is 8.46. The number of hydrogen-bond acceptors (Lipinski definition) is 5. The molecular formula is C21H20Cl2N2O3S. The number of fused-ring (bicyclic) bond motifs is 1. The minimum Gasteiger partial charge on any atom is -0.458 e. The number of halogens is 2. The summed E-state index contributed by atoms with van der Waals surface area (Å²) in [6.07, 6.45) is 6.60. The maximum atomic E-state index is 13.1. The highest BCUT2D eigenvalue weighted by Crippen LogP contribution is 2.30. The number of carbonyl (C=O) groups is 1. The Balaban J connectivity index is 1.67. The van der Waals surface area contributed by atoms with Crippen molar-refractivity contribution in [1.29, 1.82) is 0 Å². The molecular weight excluding hydrogens is 431 g/mol. The van der Waals surface area contributed by atoms with Gasteiger partial charge in [-0.3, -0.25) is 9.36 Å². The average molecular weight is 451 g/mol. The van der Waals surface area contributed by atoms with E-state index in [1.165, 1.54) is 28.7 Å². The van der Waals surface area contributed by atoms with Crippen LogP contribution in [0.3, 0.4) is 0 Å². The van der Waals surface area contributed by atoms with Crippen molar-refractivity contribution in [2.45, 2.75) is 51.7 Å². The van der Waals surface area contributed by atoms with Crippen LogP contribution in [0.4, 0.5) is 0 Å². The number of nitrogens with zero attached hydrogens (tertiary/aromatic N) is 2. The maximum Gasteiger partial charge on any atom is 0.348 e. The predicted molar refractivity (Wildman–Crippen MR) is 116 cm³/mol. The molecule has 1 aromatic carbocycles. The topological polar surface area (TPSA) is 61.2 Å². The first-order valence-corrected chi connectivity index (χ1v) is 11.2. The molecule has 2 heterocycles. The maximum absolute atomic E-state index is 13.1. The van der Waals surface area contributed by atoms with Gasteiger partial charge in [0.05, 0.1) is 18.3 Å². The number of aromatic nitrogens is 2. The minimum absolute atomic E-state index is 0.0344. The van der Waals surface area contributed by atoms with Crippen molar-refractivity contribution in [3.8, 4) is 0 Å². The van der Waals surface area contributed by atoms with Gasteiger partial charge in [0.25, 0.3) is 5.56 Å². The number of rotatable bonds is 4.